The fourth-order valence-corrected chi connectivity index (χ4v) is 4.13. The number of nitrogens with zero attached hydrogens (tertiary/aromatic N) is 1. The molecule has 0 unspecified atom stereocenters. The topological polar surface area (TPSA) is 67.9 Å². The minimum Gasteiger partial charge on any atom is -0.492 e. The third-order valence-electron chi connectivity index (χ3n) is 3.54. The summed E-state index contributed by atoms with van der Waals surface area (Å²) in [6.45, 7) is 6.83. The summed E-state index contributed by atoms with van der Waals surface area (Å²) >= 11 is 3.31. The number of sulfonamides is 1. The van der Waals surface area contributed by atoms with Crippen LogP contribution >= 0.6 is 15.9 Å². The maximum absolute atomic E-state index is 12.5. The average Bonchev–Trinajstić information content (AvgIpc) is 2.54. The molecule has 0 bridgehead atoms. The fourth-order valence-electron chi connectivity index (χ4n) is 2.38. The first-order valence-corrected chi connectivity index (χ1v) is 10.0. The molecule has 1 aromatic rings. The zero-order chi connectivity index (χ0) is 16.7. The van der Waals surface area contributed by atoms with Crippen LogP contribution in [0.15, 0.2) is 27.6 Å². The number of benzene rings is 1. The number of halogens is 1. The van der Waals surface area contributed by atoms with Gasteiger partial charge in [-0.1, -0.05) is 15.9 Å². The molecule has 1 fully saturated rings. The maximum atomic E-state index is 12.5. The van der Waals surface area contributed by atoms with Crippen molar-refractivity contribution in [2.75, 3.05) is 46.0 Å². The quantitative estimate of drug-likeness (QED) is 0.667. The van der Waals surface area contributed by atoms with Crippen LogP contribution in [0.3, 0.4) is 0 Å². The summed E-state index contributed by atoms with van der Waals surface area (Å²) in [5.74, 6) is 0.372. The number of nitrogens with one attached hydrogen (secondary N) is 1. The third kappa shape index (κ3) is 5.72. The van der Waals surface area contributed by atoms with Crippen LogP contribution in [0.1, 0.15) is 13.3 Å². The van der Waals surface area contributed by atoms with Gasteiger partial charge in [-0.2, -0.15) is 0 Å². The van der Waals surface area contributed by atoms with Crippen LogP contribution in [0.25, 0.3) is 0 Å². The van der Waals surface area contributed by atoms with Crippen molar-refractivity contribution >= 4 is 26.0 Å². The van der Waals surface area contributed by atoms with Gasteiger partial charge in [-0.3, -0.25) is 4.90 Å². The Morgan fingerprint density at radius 3 is 2.78 bits per heavy atom. The smallest absolute Gasteiger partial charge is 0.244 e. The molecule has 8 heteroatoms. The molecule has 6 nitrogen and oxygen atoms in total. The van der Waals surface area contributed by atoms with Crippen molar-refractivity contribution in [3.63, 3.8) is 0 Å². The number of hydrogen-bond donors (Lipinski definition) is 1. The van der Waals surface area contributed by atoms with E-state index in [-0.39, 0.29) is 4.90 Å². The summed E-state index contributed by atoms with van der Waals surface area (Å²) < 4.78 is 39.0. The summed E-state index contributed by atoms with van der Waals surface area (Å²) in [6, 6.07) is 4.99. The molecule has 0 aliphatic carbocycles. The summed E-state index contributed by atoms with van der Waals surface area (Å²) in [7, 11) is -3.59. The number of rotatable bonds is 8. The van der Waals surface area contributed by atoms with Crippen LogP contribution in [0.4, 0.5) is 0 Å². The molecule has 130 valence electrons. The summed E-state index contributed by atoms with van der Waals surface area (Å²) in [4.78, 5) is 2.45. The van der Waals surface area contributed by atoms with E-state index in [0.29, 0.717) is 23.4 Å². The lowest BCUT2D eigenvalue weighted by atomic mass is 10.3. The summed E-state index contributed by atoms with van der Waals surface area (Å²) in [5, 5.41) is 0. The first-order chi connectivity index (χ1) is 11.0. The molecule has 23 heavy (non-hydrogen) atoms. The molecule has 0 spiro atoms. The number of hydrogen-bond acceptors (Lipinski definition) is 5. The molecule has 1 aromatic carbocycles. The highest BCUT2D eigenvalue weighted by molar-refractivity contribution is 9.10. The van der Waals surface area contributed by atoms with Gasteiger partial charge in [-0.25, -0.2) is 13.1 Å². The van der Waals surface area contributed by atoms with Crippen LogP contribution in [0.2, 0.25) is 0 Å². The average molecular weight is 407 g/mol. The minimum atomic E-state index is -3.59. The third-order valence-corrected chi connectivity index (χ3v) is 5.52. The van der Waals surface area contributed by atoms with Gasteiger partial charge in [-0.15, -0.1) is 0 Å². The molecule has 0 saturated carbocycles. The van der Waals surface area contributed by atoms with Gasteiger partial charge in [0.2, 0.25) is 10.0 Å². The van der Waals surface area contributed by atoms with E-state index in [1.807, 2.05) is 6.92 Å². The van der Waals surface area contributed by atoms with E-state index in [1.165, 1.54) is 0 Å². The van der Waals surface area contributed by atoms with Crippen LogP contribution in [0, 0.1) is 0 Å². The molecule has 0 aromatic heterocycles. The van der Waals surface area contributed by atoms with Crippen molar-refractivity contribution in [2.24, 2.45) is 0 Å². The standard InChI is InChI=1S/C15H23BrN2O4S/c1-2-22-14-5-4-13(16)12-15(14)23(19,20)17-6-3-7-18-8-10-21-11-9-18/h4-5,12,17H,2-3,6-11H2,1H3. The van der Waals surface area contributed by atoms with Gasteiger partial charge in [0.05, 0.1) is 19.8 Å². The molecule has 1 aliphatic heterocycles. The van der Waals surface area contributed by atoms with E-state index in [1.54, 1.807) is 18.2 Å². The molecule has 2 rings (SSSR count). The molecule has 1 heterocycles. The lowest BCUT2D eigenvalue weighted by Crippen LogP contribution is -2.38. The van der Waals surface area contributed by atoms with Gasteiger partial charge >= 0.3 is 0 Å². The molecule has 1 saturated heterocycles. The molecule has 1 aliphatic rings. The highest BCUT2D eigenvalue weighted by Gasteiger charge is 2.20. The normalized spacial score (nSPS) is 16.4. The van der Waals surface area contributed by atoms with Crippen LogP contribution in [-0.2, 0) is 14.8 Å². The Balaban J connectivity index is 1.91. The van der Waals surface area contributed by atoms with Crippen molar-refractivity contribution in [1.82, 2.24) is 9.62 Å². The number of morpholine rings is 1. The highest BCUT2D eigenvalue weighted by Crippen LogP contribution is 2.27. The predicted molar refractivity (Wildman–Crippen MR) is 92.4 cm³/mol. The van der Waals surface area contributed by atoms with Crippen LogP contribution in [0.5, 0.6) is 5.75 Å². The minimum absolute atomic E-state index is 0.167. The molecule has 0 amide bonds. The van der Waals surface area contributed by atoms with Crippen molar-refractivity contribution in [1.29, 1.82) is 0 Å². The monoisotopic (exact) mass is 406 g/mol. The van der Waals surface area contributed by atoms with Crippen molar-refractivity contribution in [3.8, 4) is 5.75 Å². The van der Waals surface area contributed by atoms with Gasteiger partial charge in [0.15, 0.2) is 0 Å². The van der Waals surface area contributed by atoms with E-state index >= 15 is 0 Å². The SMILES string of the molecule is CCOc1ccc(Br)cc1S(=O)(=O)NCCCN1CCOCC1. The van der Waals surface area contributed by atoms with E-state index in [2.05, 4.69) is 25.6 Å². The fraction of sp³-hybridized carbons (Fsp3) is 0.600. The Hall–Kier alpha value is -0.670. The first kappa shape index (κ1) is 18.7. The van der Waals surface area contributed by atoms with Gasteiger partial charge in [0, 0.05) is 24.1 Å². The second-order valence-corrected chi connectivity index (χ2v) is 7.88. The van der Waals surface area contributed by atoms with Crippen molar-refractivity contribution in [2.45, 2.75) is 18.2 Å². The van der Waals surface area contributed by atoms with Gasteiger partial charge < -0.3 is 9.47 Å². The Bertz CT molecular complexity index is 603. The van der Waals surface area contributed by atoms with Crippen LogP contribution in [-0.4, -0.2) is 59.3 Å². The summed E-state index contributed by atoms with van der Waals surface area (Å²) in [5.41, 5.74) is 0. The van der Waals surface area contributed by atoms with E-state index < -0.39 is 10.0 Å². The van der Waals surface area contributed by atoms with Gasteiger partial charge in [-0.05, 0) is 38.1 Å². The van der Waals surface area contributed by atoms with Crippen molar-refractivity contribution < 1.29 is 17.9 Å². The second kappa shape index (κ2) is 8.98. The Kier molecular flexibility index (Phi) is 7.29. The Morgan fingerprint density at radius 2 is 2.09 bits per heavy atom. The van der Waals surface area contributed by atoms with Crippen LogP contribution < -0.4 is 9.46 Å². The lowest BCUT2D eigenvalue weighted by molar-refractivity contribution is 0.0376. The zero-order valence-corrected chi connectivity index (χ0v) is 15.7. The first-order valence-electron chi connectivity index (χ1n) is 7.75. The number of ether oxygens (including phenoxy) is 2. The predicted octanol–water partition coefficient (Wildman–Crippen LogP) is 1.85. The largest absolute Gasteiger partial charge is 0.492 e. The molecule has 1 N–H and O–H groups in total. The summed E-state index contributed by atoms with van der Waals surface area (Å²) in [6.07, 6.45) is 0.761. The van der Waals surface area contributed by atoms with Gasteiger partial charge in [0.25, 0.3) is 0 Å². The van der Waals surface area contributed by atoms with Gasteiger partial charge in [0.1, 0.15) is 10.6 Å². The zero-order valence-electron chi connectivity index (χ0n) is 13.3. The van der Waals surface area contributed by atoms with Crippen molar-refractivity contribution in [3.05, 3.63) is 22.7 Å². The van der Waals surface area contributed by atoms with E-state index in [0.717, 1.165) is 39.3 Å². The second-order valence-electron chi connectivity index (χ2n) is 5.23. The molecular formula is C15H23BrN2O4S. The van der Waals surface area contributed by atoms with E-state index in [4.69, 9.17) is 9.47 Å². The molecule has 0 atom stereocenters. The lowest BCUT2D eigenvalue weighted by Gasteiger charge is -2.26. The molecule has 0 radical (unpaired) electrons. The Morgan fingerprint density at radius 1 is 1.35 bits per heavy atom. The maximum Gasteiger partial charge on any atom is 0.244 e. The molecular weight excluding hydrogens is 384 g/mol. The van der Waals surface area contributed by atoms with E-state index in [9.17, 15) is 8.42 Å². The highest BCUT2D eigenvalue weighted by atomic mass is 79.9. The Labute approximate surface area is 146 Å².